The summed E-state index contributed by atoms with van der Waals surface area (Å²) in [7, 11) is -0.818. The molecule has 1 rings (SSSR count). The van der Waals surface area contributed by atoms with Gasteiger partial charge in [-0.15, -0.1) is 0 Å². The largest absolute Gasteiger partial charge is 0.260 e. The quantitative estimate of drug-likeness (QED) is 0.718. The molecule has 1 atom stereocenters. The first-order chi connectivity index (χ1) is 6.13. The first-order valence-corrected chi connectivity index (χ1v) is 5.66. The van der Waals surface area contributed by atoms with E-state index in [0.29, 0.717) is 11.3 Å². The lowest BCUT2D eigenvalue weighted by molar-refractivity contribution is 0.686. The molecule has 0 spiro atoms. The molecule has 0 saturated carbocycles. The minimum absolute atomic E-state index is 0.567. The predicted octanol–water partition coefficient (Wildman–Crippen LogP) is 1.75. The normalized spacial score (nSPS) is 12.1. The van der Waals surface area contributed by atoms with Crippen LogP contribution < -0.4 is 0 Å². The second-order valence-electron chi connectivity index (χ2n) is 2.97. The van der Waals surface area contributed by atoms with E-state index in [1.807, 2.05) is 19.1 Å². The Bertz CT molecular complexity index is 379. The van der Waals surface area contributed by atoms with Gasteiger partial charge in [-0.05, 0) is 30.2 Å². The Hall–Kier alpha value is -1.14. The summed E-state index contributed by atoms with van der Waals surface area (Å²) < 4.78 is 11.0. The molecular weight excluding hydrogens is 182 g/mol. The van der Waals surface area contributed by atoms with Gasteiger partial charge >= 0.3 is 0 Å². The maximum Gasteiger partial charge on any atom is 0.0991 e. The first-order valence-electron chi connectivity index (χ1n) is 3.93. The molecule has 1 unspecified atom stereocenters. The Kier molecular flexibility index (Phi) is 3.21. The molecule has 68 valence electrons. The van der Waals surface area contributed by atoms with Gasteiger partial charge in [-0.1, -0.05) is 6.07 Å². The van der Waals surface area contributed by atoms with Gasteiger partial charge in [-0.3, -0.25) is 4.21 Å². The van der Waals surface area contributed by atoms with Gasteiger partial charge in [0, 0.05) is 22.8 Å². The van der Waals surface area contributed by atoms with Crippen LogP contribution in [0.3, 0.4) is 0 Å². The van der Waals surface area contributed by atoms with Crippen LogP contribution in [-0.2, 0) is 16.6 Å². The lowest BCUT2D eigenvalue weighted by Crippen LogP contribution is -1.95. The van der Waals surface area contributed by atoms with Gasteiger partial charge < -0.3 is 0 Å². The minimum Gasteiger partial charge on any atom is -0.260 e. The van der Waals surface area contributed by atoms with Crippen LogP contribution in [0, 0.1) is 18.3 Å². The van der Waals surface area contributed by atoms with Crippen LogP contribution in [0.25, 0.3) is 0 Å². The molecule has 3 heteroatoms. The Balaban J connectivity index is 3.00. The van der Waals surface area contributed by atoms with Crippen molar-refractivity contribution in [3.05, 3.63) is 34.9 Å². The number of hydrogen-bond donors (Lipinski definition) is 0. The molecular formula is C10H11NOS. The average Bonchev–Trinajstić information content (AvgIpc) is 2.08. The number of benzene rings is 1. The molecule has 0 aromatic heterocycles. The zero-order valence-corrected chi connectivity index (χ0v) is 8.52. The predicted molar refractivity (Wildman–Crippen MR) is 53.7 cm³/mol. The summed E-state index contributed by atoms with van der Waals surface area (Å²) >= 11 is 0. The monoisotopic (exact) mass is 193 g/mol. The molecule has 0 bridgehead atoms. The van der Waals surface area contributed by atoms with Gasteiger partial charge in [0.2, 0.25) is 0 Å². The molecule has 1 aromatic carbocycles. The molecule has 0 N–H and O–H groups in total. The Morgan fingerprint density at radius 3 is 2.69 bits per heavy atom. The maximum atomic E-state index is 11.0. The number of hydrogen-bond acceptors (Lipinski definition) is 2. The van der Waals surface area contributed by atoms with Gasteiger partial charge in [0.1, 0.15) is 0 Å². The molecule has 1 aromatic rings. The van der Waals surface area contributed by atoms with Gasteiger partial charge in [-0.2, -0.15) is 5.26 Å². The number of nitrogens with zero attached hydrogens (tertiary/aromatic N) is 1. The molecule has 0 heterocycles. The van der Waals surface area contributed by atoms with Crippen LogP contribution in [0.15, 0.2) is 18.2 Å². The standard InChI is InChI=1S/C10H11NOS/c1-8-5-9(6-11)3-4-10(8)7-13(2)12/h3-5H,7H2,1-2H3. The summed E-state index contributed by atoms with van der Waals surface area (Å²) in [4.78, 5) is 0. The fraction of sp³-hybridized carbons (Fsp3) is 0.300. The highest BCUT2D eigenvalue weighted by Gasteiger charge is 2.01. The van der Waals surface area contributed by atoms with Gasteiger partial charge in [0.15, 0.2) is 0 Å². The van der Waals surface area contributed by atoms with Gasteiger partial charge in [-0.25, -0.2) is 0 Å². The summed E-state index contributed by atoms with van der Waals surface area (Å²) in [6.07, 6.45) is 1.68. The number of aryl methyl sites for hydroxylation is 1. The van der Waals surface area contributed by atoms with Crippen LogP contribution in [0.2, 0.25) is 0 Å². The van der Waals surface area contributed by atoms with Crippen LogP contribution in [0.4, 0.5) is 0 Å². The van der Waals surface area contributed by atoms with Crippen molar-refractivity contribution in [2.75, 3.05) is 6.26 Å². The Morgan fingerprint density at radius 2 is 2.23 bits per heavy atom. The third-order valence-electron chi connectivity index (χ3n) is 1.83. The van der Waals surface area contributed by atoms with Crippen LogP contribution in [0.5, 0.6) is 0 Å². The van der Waals surface area contributed by atoms with E-state index in [-0.39, 0.29) is 0 Å². The highest BCUT2D eigenvalue weighted by atomic mass is 32.2. The fourth-order valence-electron chi connectivity index (χ4n) is 1.15. The summed E-state index contributed by atoms with van der Waals surface area (Å²) in [5.74, 6) is 0.567. The SMILES string of the molecule is Cc1cc(C#N)ccc1CS(C)=O. The highest BCUT2D eigenvalue weighted by molar-refractivity contribution is 7.83. The van der Waals surface area contributed by atoms with Crippen LogP contribution in [0.1, 0.15) is 16.7 Å². The molecule has 0 aliphatic rings. The first kappa shape index (κ1) is 9.94. The molecule has 2 nitrogen and oxygen atoms in total. The maximum absolute atomic E-state index is 11.0. The number of rotatable bonds is 2. The van der Waals surface area contributed by atoms with Crippen molar-refractivity contribution in [2.24, 2.45) is 0 Å². The molecule has 13 heavy (non-hydrogen) atoms. The minimum atomic E-state index is -0.818. The second-order valence-corrected chi connectivity index (χ2v) is 4.41. The van der Waals surface area contributed by atoms with E-state index in [0.717, 1.165) is 11.1 Å². The molecule has 0 fully saturated rings. The lowest BCUT2D eigenvalue weighted by Gasteiger charge is -2.03. The average molecular weight is 193 g/mol. The third-order valence-corrected chi connectivity index (χ3v) is 2.55. The summed E-state index contributed by atoms with van der Waals surface area (Å²) in [5, 5.41) is 8.62. The Labute approximate surface area is 80.7 Å². The molecule has 0 aliphatic carbocycles. The van der Waals surface area contributed by atoms with E-state index < -0.39 is 10.8 Å². The summed E-state index contributed by atoms with van der Waals surface area (Å²) in [6.45, 7) is 1.93. The van der Waals surface area contributed by atoms with Crippen molar-refractivity contribution in [3.63, 3.8) is 0 Å². The van der Waals surface area contributed by atoms with Gasteiger partial charge in [0.25, 0.3) is 0 Å². The van der Waals surface area contributed by atoms with Crippen molar-refractivity contribution >= 4 is 10.8 Å². The highest BCUT2D eigenvalue weighted by Crippen LogP contribution is 2.11. The Morgan fingerprint density at radius 1 is 1.54 bits per heavy atom. The second kappa shape index (κ2) is 4.20. The smallest absolute Gasteiger partial charge is 0.0991 e. The van der Waals surface area contributed by atoms with Crippen molar-refractivity contribution < 1.29 is 4.21 Å². The fourth-order valence-corrected chi connectivity index (χ4v) is 1.91. The van der Waals surface area contributed by atoms with Crippen molar-refractivity contribution in [1.29, 1.82) is 5.26 Å². The van der Waals surface area contributed by atoms with E-state index in [4.69, 9.17) is 5.26 Å². The third kappa shape index (κ3) is 2.67. The van der Waals surface area contributed by atoms with Crippen molar-refractivity contribution in [2.45, 2.75) is 12.7 Å². The molecule has 0 saturated heterocycles. The van der Waals surface area contributed by atoms with Crippen molar-refractivity contribution in [3.8, 4) is 6.07 Å². The topological polar surface area (TPSA) is 40.9 Å². The lowest BCUT2D eigenvalue weighted by atomic mass is 10.1. The van der Waals surface area contributed by atoms with E-state index in [9.17, 15) is 4.21 Å². The van der Waals surface area contributed by atoms with Crippen LogP contribution >= 0.6 is 0 Å². The molecule has 0 radical (unpaired) electrons. The van der Waals surface area contributed by atoms with Crippen molar-refractivity contribution in [1.82, 2.24) is 0 Å². The van der Waals surface area contributed by atoms with Crippen LogP contribution in [-0.4, -0.2) is 10.5 Å². The zero-order valence-electron chi connectivity index (χ0n) is 7.70. The van der Waals surface area contributed by atoms with Gasteiger partial charge in [0.05, 0.1) is 11.6 Å². The summed E-state index contributed by atoms with van der Waals surface area (Å²) in [6, 6.07) is 7.52. The number of nitriles is 1. The molecule has 0 aliphatic heterocycles. The molecule has 0 amide bonds. The van der Waals surface area contributed by atoms with E-state index in [1.54, 1.807) is 12.3 Å². The van der Waals surface area contributed by atoms with E-state index in [2.05, 4.69) is 6.07 Å². The van der Waals surface area contributed by atoms with E-state index >= 15 is 0 Å². The zero-order chi connectivity index (χ0) is 9.84. The van der Waals surface area contributed by atoms with E-state index in [1.165, 1.54) is 0 Å². The summed E-state index contributed by atoms with van der Waals surface area (Å²) in [5.41, 5.74) is 2.75.